The summed E-state index contributed by atoms with van der Waals surface area (Å²) in [5.74, 6) is -2.08. The van der Waals surface area contributed by atoms with Crippen molar-refractivity contribution in [3.8, 4) is 0 Å². The Bertz CT molecular complexity index is 453. The third-order valence-electron chi connectivity index (χ3n) is 3.66. The summed E-state index contributed by atoms with van der Waals surface area (Å²) in [6.07, 6.45) is 0.771. The largest absolute Gasteiger partial charge is 0.480 e. The van der Waals surface area contributed by atoms with Crippen LogP contribution in [0.25, 0.3) is 0 Å². The Morgan fingerprint density at radius 1 is 1.25 bits per heavy atom. The van der Waals surface area contributed by atoms with Gasteiger partial charge in [-0.2, -0.15) is 0 Å². The number of hydrogen-bond acceptors (Lipinski definition) is 3. The van der Waals surface area contributed by atoms with Gasteiger partial charge in [-0.05, 0) is 31.2 Å². The molecule has 0 radical (unpaired) electrons. The highest BCUT2D eigenvalue weighted by Crippen LogP contribution is 2.35. The molecular formula is C16H22O4. The zero-order valence-electron chi connectivity index (χ0n) is 12.3. The summed E-state index contributed by atoms with van der Waals surface area (Å²) < 4.78 is 5.00. The lowest BCUT2D eigenvalue weighted by atomic mass is 9.73. The van der Waals surface area contributed by atoms with Crippen molar-refractivity contribution in [2.45, 2.75) is 33.6 Å². The number of rotatable bonds is 7. The Morgan fingerprint density at radius 3 is 2.30 bits per heavy atom. The van der Waals surface area contributed by atoms with Crippen molar-refractivity contribution in [1.82, 2.24) is 0 Å². The Labute approximate surface area is 119 Å². The Hall–Kier alpha value is -1.84. The fourth-order valence-electron chi connectivity index (χ4n) is 2.31. The lowest BCUT2D eigenvalue weighted by Crippen LogP contribution is -2.45. The molecule has 110 valence electrons. The van der Waals surface area contributed by atoms with E-state index in [1.807, 2.05) is 30.3 Å². The molecular weight excluding hydrogens is 256 g/mol. The molecule has 1 aromatic carbocycles. The van der Waals surface area contributed by atoms with E-state index in [2.05, 4.69) is 0 Å². The molecule has 0 aliphatic heterocycles. The number of carbonyl (C=O) groups is 2. The van der Waals surface area contributed by atoms with Crippen LogP contribution in [0.4, 0.5) is 0 Å². The van der Waals surface area contributed by atoms with Crippen molar-refractivity contribution in [2.75, 3.05) is 6.61 Å². The monoisotopic (exact) mass is 278 g/mol. The molecule has 0 spiro atoms. The number of benzene rings is 1. The van der Waals surface area contributed by atoms with Crippen LogP contribution in [0.1, 0.15) is 32.8 Å². The Kier molecular flexibility index (Phi) is 5.74. The summed E-state index contributed by atoms with van der Waals surface area (Å²) in [5.41, 5.74) is -0.464. The van der Waals surface area contributed by atoms with Gasteiger partial charge in [-0.15, -0.1) is 0 Å². The number of carboxylic acid groups (broad SMARTS) is 1. The highest BCUT2D eigenvalue weighted by molar-refractivity contribution is 5.99. The number of aliphatic carboxylic acids is 1. The van der Waals surface area contributed by atoms with Gasteiger partial charge < -0.3 is 9.84 Å². The highest BCUT2D eigenvalue weighted by atomic mass is 16.5. The van der Waals surface area contributed by atoms with Crippen LogP contribution in [0, 0.1) is 11.3 Å². The van der Waals surface area contributed by atoms with E-state index in [-0.39, 0.29) is 18.9 Å². The van der Waals surface area contributed by atoms with Gasteiger partial charge in [-0.25, -0.2) is 0 Å². The maximum atomic E-state index is 12.2. The lowest BCUT2D eigenvalue weighted by Gasteiger charge is -2.30. The quantitative estimate of drug-likeness (QED) is 0.615. The van der Waals surface area contributed by atoms with E-state index in [1.165, 1.54) is 0 Å². The zero-order chi connectivity index (χ0) is 15.2. The number of aryl methyl sites for hydroxylation is 1. The molecule has 0 heterocycles. The average Bonchev–Trinajstić information content (AvgIpc) is 2.40. The SMILES string of the molecule is CCOC(=O)C(CCc1ccccc1)(C(=O)O)C(C)C. The van der Waals surface area contributed by atoms with Gasteiger partial charge in [-0.1, -0.05) is 44.2 Å². The second-order valence-electron chi connectivity index (χ2n) is 5.14. The molecule has 1 rings (SSSR count). The molecule has 0 aliphatic carbocycles. The average molecular weight is 278 g/mol. The maximum Gasteiger partial charge on any atom is 0.323 e. The molecule has 0 saturated carbocycles. The summed E-state index contributed by atoms with van der Waals surface area (Å²) in [4.78, 5) is 23.9. The molecule has 4 nitrogen and oxygen atoms in total. The van der Waals surface area contributed by atoms with E-state index >= 15 is 0 Å². The van der Waals surface area contributed by atoms with Crippen LogP contribution in [0.15, 0.2) is 30.3 Å². The van der Waals surface area contributed by atoms with Crippen LogP contribution in [0.2, 0.25) is 0 Å². The van der Waals surface area contributed by atoms with Crippen molar-refractivity contribution in [3.63, 3.8) is 0 Å². The van der Waals surface area contributed by atoms with Crippen LogP contribution in [-0.2, 0) is 20.7 Å². The predicted molar refractivity (Wildman–Crippen MR) is 76.3 cm³/mol. The van der Waals surface area contributed by atoms with Crippen molar-refractivity contribution < 1.29 is 19.4 Å². The van der Waals surface area contributed by atoms with Gasteiger partial charge in [0.05, 0.1) is 6.61 Å². The van der Waals surface area contributed by atoms with E-state index in [4.69, 9.17) is 4.74 Å². The number of ether oxygens (including phenoxy) is 1. The molecule has 0 aromatic heterocycles. The minimum Gasteiger partial charge on any atom is -0.480 e. The zero-order valence-corrected chi connectivity index (χ0v) is 12.3. The van der Waals surface area contributed by atoms with Gasteiger partial charge in [0.25, 0.3) is 0 Å². The van der Waals surface area contributed by atoms with Crippen molar-refractivity contribution in [2.24, 2.45) is 11.3 Å². The van der Waals surface area contributed by atoms with Gasteiger partial charge in [0.15, 0.2) is 5.41 Å². The van der Waals surface area contributed by atoms with Crippen LogP contribution < -0.4 is 0 Å². The predicted octanol–water partition coefficient (Wildman–Crippen LogP) is 2.91. The van der Waals surface area contributed by atoms with Gasteiger partial charge in [0, 0.05) is 0 Å². The molecule has 0 saturated heterocycles. The first kappa shape index (κ1) is 16.2. The second-order valence-corrected chi connectivity index (χ2v) is 5.14. The lowest BCUT2D eigenvalue weighted by molar-refractivity contribution is -0.173. The summed E-state index contributed by atoms with van der Waals surface area (Å²) in [6.45, 7) is 5.36. The Balaban J connectivity index is 2.98. The molecule has 1 atom stereocenters. The third-order valence-corrected chi connectivity index (χ3v) is 3.66. The molecule has 1 aromatic rings. The normalized spacial score (nSPS) is 13.8. The van der Waals surface area contributed by atoms with Crippen molar-refractivity contribution in [1.29, 1.82) is 0 Å². The standard InChI is InChI=1S/C16H22O4/c1-4-20-15(19)16(12(2)3,14(17)18)11-10-13-8-6-5-7-9-13/h5-9,12H,4,10-11H2,1-3H3,(H,17,18). The van der Waals surface area contributed by atoms with Crippen LogP contribution >= 0.6 is 0 Å². The molecule has 20 heavy (non-hydrogen) atoms. The van der Waals surface area contributed by atoms with E-state index in [0.717, 1.165) is 5.56 Å². The topological polar surface area (TPSA) is 63.6 Å². The first-order chi connectivity index (χ1) is 9.45. The number of carbonyl (C=O) groups excluding carboxylic acids is 1. The second kappa shape index (κ2) is 7.08. The van der Waals surface area contributed by atoms with E-state index in [0.29, 0.717) is 6.42 Å². The van der Waals surface area contributed by atoms with Crippen molar-refractivity contribution >= 4 is 11.9 Å². The first-order valence-corrected chi connectivity index (χ1v) is 6.89. The molecule has 1 N–H and O–H groups in total. The summed E-state index contributed by atoms with van der Waals surface area (Å²) in [6, 6.07) is 9.56. The maximum absolute atomic E-state index is 12.2. The summed E-state index contributed by atoms with van der Waals surface area (Å²) >= 11 is 0. The molecule has 0 amide bonds. The van der Waals surface area contributed by atoms with E-state index in [1.54, 1.807) is 20.8 Å². The molecule has 4 heteroatoms. The van der Waals surface area contributed by atoms with Gasteiger partial charge >= 0.3 is 11.9 Å². The molecule has 0 fully saturated rings. The number of hydrogen-bond donors (Lipinski definition) is 1. The third kappa shape index (κ3) is 3.38. The summed E-state index contributed by atoms with van der Waals surface area (Å²) in [7, 11) is 0. The minimum atomic E-state index is -1.48. The molecule has 0 bridgehead atoms. The van der Waals surface area contributed by atoms with Gasteiger partial charge in [0.1, 0.15) is 0 Å². The van der Waals surface area contributed by atoms with Crippen molar-refractivity contribution in [3.05, 3.63) is 35.9 Å². The van der Waals surface area contributed by atoms with Gasteiger partial charge in [0.2, 0.25) is 0 Å². The molecule has 0 aliphatic rings. The fraction of sp³-hybridized carbons (Fsp3) is 0.500. The van der Waals surface area contributed by atoms with Crippen LogP contribution in [-0.4, -0.2) is 23.7 Å². The minimum absolute atomic E-state index is 0.186. The van der Waals surface area contributed by atoms with Crippen LogP contribution in [0.3, 0.4) is 0 Å². The Morgan fingerprint density at radius 2 is 1.85 bits per heavy atom. The van der Waals surface area contributed by atoms with Crippen LogP contribution in [0.5, 0.6) is 0 Å². The highest BCUT2D eigenvalue weighted by Gasteiger charge is 2.49. The van der Waals surface area contributed by atoms with E-state index < -0.39 is 17.4 Å². The molecule has 1 unspecified atom stereocenters. The first-order valence-electron chi connectivity index (χ1n) is 6.89. The number of carboxylic acids is 1. The summed E-state index contributed by atoms with van der Waals surface area (Å²) in [5, 5.41) is 9.57. The van der Waals surface area contributed by atoms with Gasteiger partial charge in [-0.3, -0.25) is 9.59 Å². The fourth-order valence-corrected chi connectivity index (χ4v) is 2.31. The van der Waals surface area contributed by atoms with E-state index in [9.17, 15) is 14.7 Å². The smallest absolute Gasteiger partial charge is 0.323 e. The number of esters is 1.